The average Bonchev–Trinajstić information content (AvgIpc) is 1.55. The van der Waals surface area contributed by atoms with Crippen LogP contribution >= 0.6 is 0 Å². The largest absolute Gasteiger partial charge is 0.309 e. The normalized spacial score (nSPS) is 12.0. The number of benzene rings is 17. The van der Waals surface area contributed by atoms with Crippen molar-refractivity contribution in [1.82, 2.24) is 32.0 Å². The Kier molecular flexibility index (Phi) is 13.3. The molecule has 0 aliphatic heterocycles. The van der Waals surface area contributed by atoms with Crippen molar-refractivity contribution in [2.75, 3.05) is 0 Å². The molecule has 0 N–H and O–H groups in total. The first-order valence-corrected chi connectivity index (χ1v) is 37.5. The van der Waals surface area contributed by atoms with E-state index in [1.54, 1.807) is 0 Å². The molecular weight excluding hydrogens is 1320 g/mol. The molecule has 0 amide bonds. The average molecular weight is 1390 g/mol. The predicted octanol–water partition coefficient (Wildman–Crippen LogP) is 26.7. The number of rotatable bonds is 8. The van der Waals surface area contributed by atoms with Gasteiger partial charge in [0.25, 0.3) is 0 Å². The van der Waals surface area contributed by atoms with Gasteiger partial charge in [-0.15, -0.1) is 0 Å². The van der Waals surface area contributed by atoms with Crippen molar-refractivity contribution in [2.45, 2.75) is 0 Å². The maximum atomic E-state index is 2.47. The van der Waals surface area contributed by atoms with Crippen molar-refractivity contribution >= 4 is 153 Å². The van der Waals surface area contributed by atoms with Crippen molar-refractivity contribution in [1.29, 1.82) is 0 Å². The van der Waals surface area contributed by atoms with E-state index in [1.807, 2.05) is 0 Å². The fourth-order valence-corrected chi connectivity index (χ4v) is 18.3. The smallest absolute Gasteiger partial charge is 0.0562 e. The lowest BCUT2D eigenvalue weighted by Gasteiger charge is -2.12. The Morgan fingerprint density at radius 3 is 0.615 bits per heavy atom. The highest BCUT2D eigenvalue weighted by atomic mass is 15.0. The number of hydrogen-bond acceptors (Lipinski definition) is 0. The molecule has 0 saturated heterocycles. The summed E-state index contributed by atoms with van der Waals surface area (Å²) in [5, 5.41) is 17.5. The molecule has 0 aliphatic carbocycles. The highest BCUT2D eigenvalue weighted by Crippen LogP contribution is 2.46. The summed E-state index contributed by atoms with van der Waals surface area (Å²) >= 11 is 0. The third-order valence-electron chi connectivity index (χ3n) is 22.9. The number of aromatic nitrogens is 7. The lowest BCUT2D eigenvalue weighted by atomic mass is 10.1. The van der Waals surface area contributed by atoms with Crippen LogP contribution in [0.4, 0.5) is 0 Å². The molecule has 0 fully saturated rings. The zero-order valence-corrected chi connectivity index (χ0v) is 59.2. The molecule has 0 bridgehead atoms. The van der Waals surface area contributed by atoms with Crippen LogP contribution in [-0.2, 0) is 0 Å². The van der Waals surface area contributed by atoms with Crippen molar-refractivity contribution in [3.8, 4) is 50.9 Å². The van der Waals surface area contributed by atoms with Gasteiger partial charge in [-0.1, -0.05) is 224 Å². The summed E-state index contributed by atoms with van der Waals surface area (Å²) in [6, 6.07) is 144. The standard InChI is InChI=1S/C54H34N4.C48H31N3/c1-4-16-35(17-5-1)55-47-25-13-10-22-39(47)43-31-44-41-24-12-15-27-49(41)58(53(44)33-51(43)55)38-28-29-50-42(30-38)46-32-45-40-23-11-14-26-48(40)56(36-18-6-2-7-19-36)52(45)34-54(46)57(50)37-20-8-3-9-21-37;1-3-14-32(15-4-1)33-16-13-19-35(28-33)50-44-24-11-7-20-37(44)40-29-36(26-27-46(40)50)51-45-25-12-9-22-39(45)42-30-41-38-21-8-10-23-43(38)49(47(41)31-48(42)51)34-17-5-2-6-18-34/h1-34H;1-31H. The van der Waals surface area contributed by atoms with E-state index in [2.05, 4.69) is 426 Å². The Morgan fingerprint density at radius 2 is 0.303 bits per heavy atom. The van der Waals surface area contributed by atoms with Crippen LogP contribution in [0, 0.1) is 0 Å². The number of fused-ring (bicyclic) bond motifs is 21. The van der Waals surface area contributed by atoms with Gasteiger partial charge in [-0.25, -0.2) is 0 Å². The molecule has 0 saturated carbocycles. The summed E-state index contributed by atoms with van der Waals surface area (Å²) < 4.78 is 17.0. The minimum Gasteiger partial charge on any atom is -0.309 e. The first-order valence-electron chi connectivity index (χ1n) is 37.5. The topological polar surface area (TPSA) is 34.5 Å². The summed E-state index contributed by atoms with van der Waals surface area (Å²) in [6.07, 6.45) is 0. The second kappa shape index (κ2) is 23.9. The van der Waals surface area contributed by atoms with E-state index in [1.165, 1.54) is 164 Å². The molecule has 7 aromatic heterocycles. The van der Waals surface area contributed by atoms with Crippen molar-refractivity contribution in [2.24, 2.45) is 0 Å². The lowest BCUT2D eigenvalue weighted by molar-refractivity contribution is 1.16. The van der Waals surface area contributed by atoms with E-state index in [0.717, 1.165) is 39.8 Å². The maximum Gasteiger partial charge on any atom is 0.0562 e. The zero-order chi connectivity index (χ0) is 71.4. The molecule has 508 valence electrons. The van der Waals surface area contributed by atoms with Gasteiger partial charge in [-0.3, -0.25) is 0 Å². The molecule has 0 radical (unpaired) electrons. The van der Waals surface area contributed by atoms with Crippen molar-refractivity contribution in [3.63, 3.8) is 0 Å². The quantitative estimate of drug-likeness (QED) is 0.145. The Hall–Kier alpha value is -14.7. The SMILES string of the molecule is c1ccc(-c2cccc(-n3c4ccccc4c4cc(-n5c6ccccc6c6cc7c8ccccc8n(-c8ccccc8)c7cc65)ccc43)c2)cc1.c1ccc(-n2c3ccccc3c3cc4c5ccccc5n(-c5ccc6c(c5)c5cc7c8ccccc8n(-c8ccccc8)c7cc5n6-c5ccccc5)c4cc32)cc1. The van der Waals surface area contributed by atoms with E-state index >= 15 is 0 Å². The predicted molar refractivity (Wildman–Crippen MR) is 459 cm³/mol. The van der Waals surface area contributed by atoms with Crippen LogP contribution in [0.5, 0.6) is 0 Å². The van der Waals surface area contributed by atoms with Crippen LogP contribution in [0.25, 0.3) is 204 Å². The van der Waals surface area contributed by atoms with E-state index in [0.29, 0.717) is 0 Å². The second-order valence-electron chi connectivity index (χ2n) is 28.8. The molecule has 7 heteroatoms. The third kappa shape index (κ3) is 9.17. The Labute approximate surface area is 625 Å². The molecule has 7 heterocycles. The van der Waals surface area contributed by atoms with Gasteiger partial charge in [0, 0.05) is 115 Å². The Morgan fingerprint density at radius 1 is 0.101 bits per heavy atom. The molecule has 109 heavy (non-hydrogen) atoms. The zero-order valence-electron chi connectivity index (χ0n) is 59.2. The summed E-state index contributed by atoms with van der Waals surface area (Å²) in [7, 11) is 0. The van der Waals surface area contributed by atoms with Crippen LogP contribution in [-0.4, -0.2) is 32.0 Å². The summed E-state index contributed by atoms with van der Waals surface area (Å²) in [6.45, 7) is 0. The molecular formula is C102H65N7. The van der Waals surface area contributed by atoms with Crippen LogP contribution in [0.15, 0.2) is 394 Å². The summed E-state index contributed by atoms with van der Waals surface area (Å²) in [4.78, 5) is 0. The van der Waals surface area contributed by atoms with Crippen LogP contribution in [0.3, 0.4) is 0 Å². The van der Waals surface area contributed by atoms with Gasteiger partial charge < -0.3 is 32.0 Å². The summed E-state index contributed by atoms with van der Waals surface area (Å²) in [5.74, 6) is 0. The van der Waals surface area contributed by atoms with Gasteiger partial charge in [0.1, 0.15) is 0 Å². The van der Waals surface area contributed by atoms with Gasteiger partial charge in [-0.2, -0.15) is 0 Å². The fraction of sp³-hybridized carbons (Fsp3) is 0. The lowest BCUT2D eigenvalue weighted by Crippen LogP contribution is -1.97. The van der Waals surface area contributed by atoms with Gasteiger partial charge in [-0.05, 0) is 181 Å². The van der Waals surface area contributed by atoms with Crippen molar-refractivity contribution in [3.05, 3.63) is 394 Å². The molecule has 0 spiro atoms. The van der Waals surface area contributed by atoms with Gasteiger partial charge >= 0.3 is 0 Å². The molecule has 0 unspecified atom stereocenters. The highest BCUT2D eigenvalue weighted by molar-refractivity contribution is 6.23. The Balaban J connectivity index is 0.000000132. The number of hydrogen-bond donors (Lipinski definition) is 0. The minimum atomic E-state index is 1.14. The van der Waals surface area contributed by atoms with E-state index in [9.17, 15) is 0 Å². The van der Waals surface area contributed by atoms with E-state index in [4.69, 9.17) is 0 Å². The molecule has 0 atom stereocenters. The maximum absolute atomic E-state index is 2.47. The molecule has 7 nitrogen and oxygen atoms in total. The van der Waals surface area contributed by atoms with E-state index in [-0.39, 0.29) is 0 Å². The molecule has 24 rings (SSSR count). The van der Waals surface area contributed by atoms with Gasteiger partial charge in [0.05, 0.1) is 77.2 Å². The highest BCUT2D eigenvalue weighted by Gasteiger charge is 2.25. The first-order chi connectivity index (χ1) is 54.1. The fourth-order valence-electron chi connectivity index (χ4n) is 18.3. The number of nitrogens with zero attached hydrogens (tertiary/aromatic N) is 7. The molecule has 24 aromatic rings. The molecule has 0 aliphatic rings. The van der Waals surface area contributed by atoms with Crippen LogP contribution in [0.1, 0.15) is 0 Å². The number of para-hydroxylation sites is 10. The van der Waals surface area contributed by atoms with Gasteiger partial charge in [0.15, 0.2) is 0 Å². The molecule has 17 aromatic carbocycles. The van der Waals surface area contributed by atoms with Crippen molar-refractivity contribution < 1.29 is 0 Å². The van der Waals surface area contributed by atoms with E-state index < -0.39 is 0 Å². The monoisotopic (exact) mass is 1390 g/mol. The first kappa shape index (κ1) is 60.7. The Bertz CT molecular complexity index is 7820. The van der Waals surface area contributed by atoms with Crippen LogP contribution < -0.4 is 0 Å². The second-order valence-corrected chi connectivity index (χ2v) is 28.8. The van der Waals surface area contributed by atoms with Gasteiger partial charge in [0.2, 0.25) is 0 Å². The third-order valence-corrected chi connectivity index (χ3v) is 22.9. The minimum absolute atomic E-state index is 1.14. The van der Waals surface area contributed by atoms with Crippen LogP contribution in [0.2, 0.25) is 0 Å². The summed E-state index contributed by atoms with van der Waals surface area (Å²) in [5.41, 5.74) is 27.3.